The van der Waals surface area contributed by atoms with Crippen LogP contribution in [0.4, 0.5) is 24.5 Å². The third kappa shape index (κ3) is 2.61. The average Bonchev–Trinajstić information content (AvgIpc) is 3.06. The van der Waals surface area contributed by atoms with Crippen molar-refractivity contribution < 1.29 is 13.2 Å². The van der Waals surface area contributed by atoms with Gasteiger partial charge in [-0.2, -0.15) is 13.2 Å². The highest BCUT2D eigenvalue weighted by Crippen LogP contribution is 2.36. The van der Waals surface area contributed by atoms with Gasteiger partial charge in [-0.3, -0.25) is 9.97 Å². The minimum atomic E-state index is -4.37. The van der Waals surface area contributed by atoms with Crippen molar-refractivity contribution in [2.75, 3.05) is 5.32 Å². The molecule has 8 heteroatoms. The summed E-state index contributed by atoms with van der Waals surface area (Å²) in [5.74, 6) is 0. The van der Waals surface area contributed by atoms with E-state index in [1.165, 1.54) is 12.1 Å². The summed E-state index contributed by atoms with van der Waals surface area (Å²) in [6.07, 6.45) is 2.34. The highest BCUT2D eigenvalue weighted by Gasteiger charge is 2.30. The molecular weight excluding hydrogens is 367 g/mol. The summed E-state index contributed by atoms with van der Waals surface area (Å²) in [6.45, 7) is 0. The standard InChI is InChI=1S/C20H12F3N5/c21-20(22,23)11-1-3-12(4-2-11)26-17-13-5-7-24-9-15(13)27-18-14-6-8-25-10-16(14)28-19(17)18/h1-10,28H,(H,26,27). The molecule has 4 aromatic heterocycles. The van der Waals surface area contributed by atoms with Gasteiger partial charge in [0.15, 0.2) is 0 Å². The zero-order valence-electron chi connectivity index (χ0n) is 14.2. The molecule has 5 aromatic rings. The van der Waals surface area contributed by atoms with Crippen LogP contribution in [0, 0.1) is 0 Å². The summed E-state index contributed by atoms with van der Waals surface area (Å²) in [4.78, 5) is 16.3. The van der Waals surface area contributed by atoms with Crippen molar-refractivity contribution in [2.45, 2.75) is 6.18 Å². The number of pyridine rings is 3. The van der Waals surface area contributed by atoms with E-state index in [0.29, 0.717) is 11.2 Å². The molecule has 0 fully saturated rings. The third-order valence-corrected chi connectivity index (χ3v) is 4.61. The fraction of sp³-hybridized carbons (Fsp3) is 0.0500. The maximum Gasteiger partial charge on any atom is 0.416 e. The van der Waals surface area contributed by atoms with Crippen molar-refractivity contribution in [3.8, 4) is 0 Å². The van der Waals surface area contributed by atoms with E-state index < -0.39 is 11.7 Å². The highest BCUT2D eigenvalue weighted by molar-refractivity contribution is 6.15. The first-order valence-corrected chi connectivity index (χ1v) is 8.44. The van der Waals surface area contributed by atoms with Crippen LogP contribution in [0.15, 0.2) is 61.2 Å². The molecule has 28 heavy (non-hydrogen) atoms. The Morgan fingerprint density at radius 3 is 2.32 bits per heavy atom. The van der Waals surface area contributed by atoms with Gasteiger partial charge in [-0.25, -0.2) is 4.98 Å². The minimum absolute atomic E-state index is 0.537. The molecular formula is C20H12F3N5. The van der Waals surface area contributed by atoms with Crippen molar-refractivity contribution in [1.29, 1.82) is 0 Å². The predicted molar refractivity (Wildman–Crippen MR) is 101 cm³/mol. The molecule has 138 valence electrons. The van der Waals surface area contributed by atoms with Gasteiger partial charge in [-0.1, -0.05) is 0 Å². The van der Waals surface area contributed by atoms with Crippen LogP contribution in [0.3, 0.4) is 0 Å². The molecule has 1 aromatic carbocycles. The quantitative estimate of drug-likeness (QED) is 0.430. The Kier molecular flexibility index (Phi) is 3.48. The number of alkyl halides is 3. The van der Waals surface area contributed by atoms with Crippen LogP contribution in [0.25, 0.3) is 32.8 Å². The zero-order chi connectivity index (χ0) is 19.3. The second kappa shape index (κ2) is 5.91. The molecule has 0 saturated heterocycles. The van der Waals surface area contributed by atoms with Gasteiger partial charge < -0.3 is 10.3 Å². The summed E-state index contributed by atoms with van der Waals surface area (Å²) in [5.41, 5.74) is 3.57. The molecule has 0 aliphatic carbocycles. The fourth-order valence-corrected chi connectivity index (χ4v) is 3.28. The van der Waals surface area contributed by atoms with Gasteiger partial charge >= 0.3 is 6.18 Å². The van der Waals surface area contributed by atoms with Crippen molar-refractivity contribution >= 4 is 44.2 Å². The van der Waals surface area contributed by atoms with Crippen LogP contribution in [0.5, 0.6) is 0 Å². The van der Waals surface area contributed by atoms with E-state index in [-0.39, 0.29) is 0 Å². The Hall–Kier alpha value is -3.68. The predicted octanol–water partition coefficient (Wildman–Crippen LogP) is 5.42. The van der Waals surface area contributed by atoms with Crippen molar-refractivity contribution in [3.05, 3.63) is 66.7 Å². The van der Waals surface area contributed by atoms with Crippen LogP contribution in [-0.4, -0.2) is 19.9 Å². The monoisotopic (exact) mass is 379 g/mol. The average molecular weight is 379 g/mol. The number of anilines is 2. The summed E-state index contributed by atoms with van der Waals surface area (Å²) < 4.78 is 38.5. The zero-order valence-corrected chi connectivity index (χ0v) is 14.2. The lowest BCUT2D eigenvalue weighted by Crippen LogP contribution is -2.04. The maximum atomic E-state index is 12.8. The van der Waals surface area contributed by atoms with Gasteiger partial charge in [0.05, 0.1) is 45.7 Å². The number of rotatable bonds is 2. The molecule has 0 bridgehead atoms. The molecule has 0 aliphatic rings. The van der Waals surface area contributed by atoms with E-state index in [1.54, 1.807) is 24.8 Å². The topological polar surface area (TPSA) is 66.5 Å². The Bertz CT molecular complexity index is 1320. The van der Waals surface area contributed by atoms with Crippen molar-refractivity contribution in [1.82, 2.24) is 19.9 Å². The molecule has 0 aliphatic heterocycles. The van der Waals surface area contributed by atoms with Crippen LogP contribution in [0.2, 0.25) is 0 Å². The first kappa shape index (κ1) is 16.5. The number of nitrogens with zero attached hydrogens (tertiary/aromatic N) is 3. The summed E-state index contributed by atoms with van der Waals surface area (Å²) in [5, 5.41) is 4.96. The van der Waals surface area contributed by atoms with Gasteiger partial charge in [0, 0.05) is 28.9 Å². The number of H-pyrrole nitrogens is 1. The number of aromatic amines is 1. The van der Waals surface area contributed by atoms with E-state index in [1.807, 2.05) is 12.1 Å². The van der Waals surface area contributed by atoms with E-state index in [2.05, 4.69) is 20.3 Å². The number of hydrogen-bond acceptors (Lipinski definition) is 4. The van der Waals surface area contributed by atoms with Crippen molar-refractivity contribution in [2.24, 2.45) is 0 Å². The van der Waals surface area contributed by atoms with Crippen LogP contribution in [-0.2, 0) is 6.18 Å². The Labute approximate surface area is 156 Å². The lowest BCUT2D eigenvalue weighted by molar-refractivity contribution is -0.137. The number of aromatic nitrogens is 4. The van der Waals surface area contributed by atoms with Gasteiger partial charge in [-0.05, 0) is 36.4 Å². The Balaban J connectivity index is 1.72. The summed E-state index contributed by atoms with van der Waals surface area (Å²) >= 11 is 0. The van der Waals surface area contributed by atoms with E-state index in [0.717, 1.165) is 45.1 Å². The van der Waals surface area contributed by atoms with E-state index >= 15 is 0 Å². The molecule has 0 saturated carbocycles. The summed E-state index contributed by atoms with van der Waals surface area (Å²) in [6, 6.07) is 8.61. The lowest BCUT2D eigenvalue weighted by atomic mass is 10.1. The third-order valence-electron chi connectivity index (χ3n) is 4.61. The highest BCUT2D eigenvalue weighted by atomic mass is 19.4. The maximum absolute atomic E-state index is 12.8. The first-order chi connectivity index (χ1) is 13.5. The fourth-order valence-electron chi connectivity index (χ4n) is 3.28. The molecule has 0 radical (unpaired) electrons. The molecule has 4 heterocycles. The molecule has 2 N–H and O–H groups in total. The second-order valence-electron chi connectivity index (χ2n) is 6.35. The smallest absolute Gasteiger partial charge is 0.353 e. The molecule has 0 spiro atoms. The summed E-state index contributed by atoms with van der Waals surface area (Å²) in [7, 11) is 0. The molecule has 0 unspecified atom stereocenters. The van der Waals surface area contributed by atoms with Gasteiger partial charge in [-0.15, -0.1) is 0 Å². The van der Waals surface area contributed by atoms with Gasteiger partial charge in [0.25, 0.3) is 0 Å². The van der Waals surface area contributed by atoms with Gasteiger partial charge in [0.2, 0.25) is 0 Å². The van der Waals surface area contributed by atoms with E-state index in [9.17, 15) is 13.2 Å². The largest absolute Gasteiger partial charge is 0.416 e. The molecule has 0 atom stereocenters. The number of hydrogen-bond donors (Lipinski definition) is 2. The number of nitrogens with one attached hydrogen (secondary N) is 2. The van der Waals surface area contributed by atoms with Crippen LogP contribution in [0.1, 0.15) is 5.56 Å². The molecule has 0 amide bonds. The molecule has 5 rings (SSSR count). The van der Waals surface area contributed by atoms with Crippen LogP contribution < -0.4 is 5.32 Å². The van der Waals surface area contributed by atoms with E-state index in [4.69, 9.17) is 4.98 Å². The van der Waals surface area contributed by atoms with Gasteiger partial charge in [0.1, 0.15) is 0 Å². The SMILES string of the molecule is FC(F)(F)c1ccc(Nc2c3ccncc3nc3c2[nH]c2cnccc23)cc1. The van der Waals surface area contributed by atoms with Crippen LogP contribution >= 0.6 is 0 Å². The second-order valence-corrected chi connectivity index (χ2v) is 6.35. The minimum Gasteiger partial charge on any atom is -0.353 e. The first-order valence-electron chi connectivity index (χ1n) is 8.44. The van der Waals surface area contributed by atoms with Crippen molar-refractivity contribution in [3.63, 3.8) is 0 Å². The Morgan fingerprint density at radius 1 is 0.857 bits per heavy atom. The normalized spacial score (nSPS) is 12.1. The number of fused-ring (bicyclic) bond motifs is 4. The lowest BCUT2D eigenvalue weighted by Gasteiger charge is -2.12. The number of halogens is 3. The number of benzene rings is 1. The molecule has 5 nitrogen and oxygen atoms in total. The Morgan fingerprint density at radius 2 is 1.57 bits per heavy atom.